The zero-order valence-electron chi connectivity index (χ0n) is 46.9. The molecule has 81 heavy (non-hydrogen) atoms. The van der Waals surface area contributed by atoms with Gasteiger partial charge in [0.2, 0.25) is 0 Å². The summed E-state index contributed by atoms with van der Waals surface area (Å²) in [5, 5.41) is 7.94. The van der Waals surface area contributed by atoms with E-state index in [-0.39, 0.29) is 78.1 Å². The Morgan fingerprint density at radius 2 is 0.840 bits per heavy atom. The van der Waals surface area contributed by atoms with E-state index in [0.717, 1.165) is 11.5 Å². The van der Waals surface area contributed by atoms with Crippen LogP contribution in [0.5, 0.6) is 34.5 Å². The Morgan fingerprint density at radius 1 is 0.457 bits per heavy atom. The summed E-state index contributed by atoms with van der Waals surface area (Å²) >= 11 is 0. The first-order valence-corrected chi connectivity index (χ1v) is 29.9. The second-order valence-electron chi connectivity index (χ2n) is 18.9. The number of hydrogen-bond acceptors (Lipinski definition) is 30. The van der Waals surface area contributed by atoms with Gasteiger partial charge in [0, 0.05) is 68.6 Å². The van der Waals surface area contributed by atoms with E-state index in [9.17, 15) is 19.2 Å². The first-order valence-electron chi connectivity index (χ1n) is 25.0. The van der Waals surface area contributed by atoms with E-state index in [2.05, 4.69) is 4.74 Å². The number of benzene rings is 2. The van der Waals surface area contributed by atoms with E-state index in [0.29, 0.717) is 90.2 Å². The van der Waals surface area contributed by atoms with Crippen molar-refractivity contribution in [2.75, 3.05) is 193 Å². The average Bonchev–Trinajstić information content (AvgIpc) is 4.20. The lowest BCUT2D eigenvalue weighted by Crippen LogP contribution is -2.49. The summed E-state index contributed by atoms with van der Waals surface area (Å²) in [6.07, 6.45) is -4.29. The highest BCUT2D eigenvalue weighted by molar-refractivity contribution is 8.77. The van der Waals surface area contributed by atoms with E-state index < -0.39 is 53.4 Å². The van der Waals surface area contributed by atoms with Gasteiger partial charge in [0.25, 0.3) is 0 Å². The van der Waals surface area contributed by atoms with Crippen molar-refractivity contribution in [1.29, 1.82) is 0 Å². The molecule has 1 N–H and O–H groups in total. The first-order chi connectivity index (χ1) is 39.2. The minimum Gasteiger partial charge on any atom is -0.496 e. The number of ether oxygens (including phenoxy) is 21. The van der Waals surface area contributed by atoms with Gasteiger partial charge >= 0.3 is 24.6 Å². The lowest BCUT2D eigenvalue weighted by Gasteiger charge is -2.41. The van der Waals surface area contributed by atoms with E-state index in [1.165, 1.54) is 21.3 Å². The number of rotatable bonds is 21. The number of carbonyl (C=O) groups is 4. The molecule has 458 valence electrons. The van der Waals surface area contributed by atoms with E-state index >= 15 is 0 Å². The summed E-state index contributed by atoms with van der Waals surface area (Å²) in [6.45, 7) is 3.57. The molecule has 0 aromatic heterocycles. The van der Waals surface area contributed by atoms with Crippen LogP contribution in [0.2, 0.25) is 0 Å². The van der Waals surface area contributed by atoms with Crippen LogP contribution in [0.1, 0.15) is 23.7 Å². The van der Waals surface area contributed by atoms with Gasteiger partial charge in [0.05, 0.1) is 128 Å². The molecule has 2 aromatic carbocycles. The molecule has 0 saturated carbocycles. The number of cyclic esters (lactones) is 4. The third-order valence-electron chi connectivity index (χ3n) is 12.5. The maximum atomic E-state index is 12.6. The first kappa shape index (κ1) is 67.2. The number of aliphatic hydroxyl groups excluding tert-OH is 1. The maximum absolute atomic E-state index is 12.6. The van der Waals surface area contributed by atoms with Gasteiger partial charge in [-0.15, -0.1) is 0 Å². The van der Waals surface area contributed by atoms with Gasteiger partial charge in [-0.3, -0.25) is 0 Å². The molecule has 0 radical (unpaired) electrons. The quantitative estimate of drug-likeness (QED) is 0.0582. The second-order valence-corrected chi connectivity index (χ2v) is 23.8. The Kier molecular flexibility index (Phi) is 28.4. The lowest BCUT2D eigenvalue weighted by molar-refractivity contribution is -0.258. The van der Waals surface area contributed by atoms with E-state index in [1.807, 2.05) is 21.6 Å². The minimum absolute atomic E-state index is 0.0145. The highest BCUT2D eigenvalue weighted by Crippen LogP contribution is 2.47. The topological polar surface area (TPSA) is 282 Å². The van der Waals surface area contributed by atoms with Crippen LogP contribution >= 0.6 is 43.2 Å². The number of hydrogen-bond donors (Lipinski definition) is 1. The van der Waals surface area contributed by atoms with Crippen LogP contribution in [0.3, 0.4) is 0 Å². The predicted molar refractivity (Wildman–Crippen MR) is 293 cm³/mol. The Hall–Kier alpha value is -4.60. The summed E-state index contributed by atoms with van der Waals surface area (Å²) in [5.41, 5.74) is -0.489. The van der Waals surface area contributed by atoms with Crippen molar-refractivity contribution < 1.29 is 124 Å². The molecule has 6 heterocycles. The molecule has 0 aliphatic carbocycles. The largest absolute Gasteiger partial charge is 0.508 e. The lowest BCUT2D eigenvalue weighted by atomic mass is 9.91. The molecule has 6 fully saturated rings. The molecule has 26 nitrogen and oxygen atoms in total. The summed E-state index contributed by atoms with van der Waals surface area (Å²) in [4.78, 5) is 46.0. The van der Waals surface area contributed by atoms with Gasteiger partial charge in [0.1, 0.15) is 87.4 Å². The summed E-state index contributed by atoms with van der Waals surface area (Å²) in [6, 6.07) is 6.90. The molecule has 2 aromatic rings. The standard InChI is InChI=1S/C26H38O13S2.C16H20O8.C6H8O3S2.C3H8O2/c1-29-6-7-34-23(27)38-14-26(16-40-41-17-26)15-39-24(28)37-13-25(10-30-2)11-35-22(36-12-25)21-19(32-4)8-18(31-3)9-20(21)33-5;1-18-10-4-11(19-2)13(12(5-10)20-3)14-21-6-16(7-22-14)8-23-15(17)24-9-16;7-5-8-1-6(2-9-5)3-10-11-4-6;1-5-3-2-4/h8-9,22H,6-7,10-17H2,1-5H3;4-5,14H,6-9H2,1-3H3;1-4H2;4H,2-3H2,1H3. The van der Waals surface area contributed by atoms with Gasteiger partial charge in [-0.05, 0) is 0 Å². The van der Waals surface area contributed by atoms with Crippen LogP contribution in [0.4, 0.5) is 19.2 Å². The fourth-order valence-corrected chi connectivity index (χ4v) is 14.6. The maximum Gasteiger partial charge on any atom is 0.508 e. The van der Waals surface area contributed by atoms with Crippen molar-refractivity contribution in [3.63, 3.8) is 0 Å². The number of aliphatic hydroxyl groups is 1. The highest BCUT2D eigenvalue weighted by Gasteiger charge is 2.46. The molecule has 2 spiro atoms. The van der Waals surface area contributed by atoms with Crippen molar-refractivity contribution in [3.05, 3.63) is 35.4 Å². The molecule has 6 saturated heterocycles. The van der Waals surface area contributed by atoms with Crippen LogP contribution < -0.4 is 28.4 Å². The Balaban J connectivity index is 0.000000249. The van der Waals surface area contributed by atoms with Crippen LogP contribution in [0.25, 0.3) is 0 Å². The molecular formula is C51H74O26S4. The fourth-order valence-electron chi connectivity index (χ4n) is 7.89. The van der Waals surface area contributed by atoms with E-state index in [1.54, 1.807) is 88.5 Å². The van der Waals surface area contributed by atoms with Crippen molar-refractivity contribution in [3.8, 4) is 34.5 Å². The summed E-state index contributed by atoms with van der Waals surface area (Å²) < 4.78 is 112. The number of methoxy groups -OCH3 is 9. The molecule has 8 rings (SSSR count). The Morgan fingerprint density at radius 3 is 1.21 bits per heavy atom. The molecule has 6 aliphatic rings. The SMILES string of the molecule is COCCO.COCCOC(=O)OCC1(COC(=O)OCC2(COC)COC(c3c(OC)cc(OC)cc3OC)OC2)CSSC1.COc1cc(OC)c(C2OCC3(COC(=O)OC3)CO2)c(OC)c1.O=C1OCC2(CO1)CSSC2. The van der Waals surface area contributed by atoms with Crippen LogP contribution in [-0.4, -0.2) is 222 Å². The minimum atomic E-state index is -0.856. The molecule has 30 heteroatoms. The van der Waals surface area contributed by atoms with Crippen LogP contribution in [-0.2, 0) is 71.1 Å². The molecule has 0 unspecified atom stereocenters. The average molecular weight is 1230 g/mol. The zero-order chi connectivity index (χ0) is 58.7. The fraction of sp³-hybridized carbons (Fsp3) is 0.686. The third-order valence-corrected chi connectivity index (χ3v) is 18.2. The molecule has 0 bridgehead atoms. The molecule has 6 aliphatic heterocycles. The molecule has 0 atom stereocenters. The normalized spacial score (nSPS) is 21.2. The van der Waals surface area contributed by atoms with Crippen molar-refractivity contribution in [1.82, 2.24) is 0 Å². The van der Waals surface area contributed by atoms with Gasteiger partial charge in [-0.2, -0.15) is 0 Å². The van der Waals surface area contributed by atoms with Crippen molar-refractivity contribution in [2.24, 2.45) is 21.7 Å². The van der Waals surface area contributed by atoms with Gasteiger partial charge in [0.15, 0.2) is 12.6 Å². The molecular weight excluding hydrogens is 1160 g/mol. The van der Waals surface area contributed by atoms with Gasteiger partial charge < -0.3 is 105 Å². The zero-order valence-corrected chi connectivity index (χ0v) is 50.2. The predicted octanol–water partition coefficient (Wildman–Crippen LogP) is 6.80. The second kappa shape index (κ2) is 34.2. The van der Waals surface area contributed by atoms with E-state index in [4.69, 9.17) is 99.8 Å². The monoisotopic (exact) mass is 1230 g/mol. The Labute approximate surface area is 486 Å². The Bertz CT molecular complexity index is 2170. The van der Waals surface area contributed by atoms with Crippen LogP contribution in [0, 0.1) is 21.7 Å². The highest BCUT2D eigenvalue weighted by atomic mass is 33.1. The van der Waals surface area contributed by atoms with Crippen molar-refractivity contribution in [2.45, 2.75) is 12.6 Å². The molecule has 0 amide bonds. The van der Waals surface area contributed by atoms with Gasteiger partial charge in [-0.25, -0.2) is 19.2 Å². The summed E-state index contributed by atoms with van der Waals surface area (Å²) in [7, 11) is 20.8. The smallest absolute Gasteiger partial charge is 0.496 e. The van der Waals surface area contributed by atoms with Crippen molar-refractivity contribution >= 4 is 67.8 Å². The van der Waals surface area contributed by atoms with Gasteiger partial charge in [-0.1, -0.05) is 43.2 Å². The summed E-state index contributed by atoms with van der Waals surface area (Å²) in [5.74, 6) is 6.53. The number of carbonyl (C=O) groups excluding carboxylic acids is 4. The third kappa shape index (κ3) is 20.0. The van der Waals surface area contributed by atoms with Crippen LogP contribution in [0.15, 0.2) is 24.3 Å².